The highest BCUT2D eigenvalue weighted by Crippen LogP contribution is 2.37. The van der Waals surface area contributed by atoms with Crippen LogP contribution in [0.15, 0.2) is 59.6 Å². The van der Waals surface area contributed by atoms with Gasteiger partial charge in [-0.3, -0.25) is 4.99 Å². The first-order valence-corrected chi connectivity index (χ1v) is 6.90. The van der Waals surface area contributed by atoms with Crippen LogP contribution in [0, 0.1) is 0 Å². The van der Waals surface area contributed by atoms with Gasteiger partial charge in [0.1, 0.15) is 0 Å². The molecule has 20 heavy (non-hydrogen) atoms. The summed E-state index contributed by atoms with van der Waals surface area (Å²) in [6.45, 7) is 2.78. The predicted octanol–water partition coefficient (Wildman–Crippen LogP) is 3.39. The molecule has 0 radical (unpaired) electrons. The summed E-state index contributed by atoms with van der Waals surface area (Å²) in [4.78, 5) is 6.48. The van der Waals surface area contributed by atoms with Crippen molar-refractivity contribution in [3.8, 4) is 0 Å². The third-order valence-electron chi connectivity index (χ3n) is 3.73. The number of aliphatic imine (C=N–C) groups is 1. The maximum Gasteiger partial charge on any atom is 0.196 e. The molecule has 0 saturated heterocycles. The van der Waals surface area contributed by atoms with Crippen molar-refractivity contribution in [2.75, 3.05) is 11.4 Å². The van der Waals surface area contributed by atoms with E-state index in [1.807, 2.05) is 47.4 Å². The van der Waals surface area contributed by atoms with Gasteiger partial charge in [0, 0.05) is 10.7 Å². The minimum Gasteiger partial charge on any atom is -0.369 e. The number of anilines is 1. The van der Waals surface area contributed by atoms with E-state index in [4.69, 9.17) is 17.3 Å². The summed E-state index contributed by atoms with van der Waals surface area (Å²) in [6, 6.07) is 18.0. The Kier molecular flexibility index (Phi) is 3.14. The van der Waals surface area contributed by atoms with Crippen LogP contribution in [0.1, 0.15) is 12.5 Å². The third kappa shape index (κ3) is 2.04. The highest BCUT2D eigenvalue weighted by atomic mass is 35.5. The van der Waals surface area contributed by atoms with Crippen molar-refractivity contribution in [1.82, 2.24) is 0 Å². The summed E-state index contributed by atoms with van der Waals surface area (Å²) in [5, 5.41) is 0.692. The summed E-state index contributed by atoms with van der Waals surface area (Å²) in [6.07, 6.45) is 0. The Morgan fingerprint density at radius 2 is 1.90 bits per heavy atom. The van der Waals surface area contributed by atoms with Crippen molar-refractivity contribution in [3.63, 3.8) is 0 Å². The number of halogens is 1. The zero-order valence-corrected chi connectivity index (χ0v) is 12.0. The first-order chi connectivity index (χ1) is 9.61. The summed E-state index contributed by atoms with van der Waals surface area (Å²) in [7, 11) is 0. The van der Waals surface area contributed by atoms with Crippen molar-refractivity contribution >= 4 is 23.2 Å². The van der Waals surface area contributed by atoms with E-state index in [1.54, 1.807) is 0 Å². The number of hydrogen-bond acceptors (Lipinski definition) is 3. The summed E-state index contributed by atoms with van der Waals surface area (Å²) in [5.74, 6) is 0.526. The van der Waals surface area contributed by atoms with Crippen LogP contribution in [0.4, 0.5) is 5.69 Å². The molecule has 1 aliphatic rings. The maximum atomic E-state index is 6.11. The van der Waals surface area contributed by atoms with E-state index in [1.165, 1.54) is 5.56 Å². The van der Waals surface area contributed by atoms with Crippen molar-refractivity contribution in [2.45, 2.75) is 12.5 Å². The molecular weight excluding hydrogens is 270 g/mol. The molecule has 0 saturated carbocycles. The molecule has 0 amide bonds. The lowest BCUT2D eigenvalue weighted by atomic mass is 9.90. The van der Waals surface area contributed by atoms with Gasteiger partial charge in [0.2, 0.25) is 0 Å². The average molecular weight is 286 g/mol. The lowest BCUT2D eigenvalue weighted by Crippen LogP contribution is -2.47. The van der Waals surface area contributed by atoms with Gasteiger partial charge in [0.15, 0.2) is 5.96 Å². The Morgan fingerprint density at radius 3 is 2.60 bits per heavy atom. The van der Waals surface area contributed by atoms with Crippen molar-refractivity contribution in [2.24, 2.45) is 10.7 Å². The van der Waals surface area contributed by atoms with E-state index < -0.39 is 0 Å². The van der Waals surface area contributed by atoms with E-state index in [-0.39, 0.29) is 5.54 Å². The molecule has 0 fully saturated rings. The molecule has 0 bridgehead atoms. The highest BCUT2D eigenvalue weighted by molar-refractivity contribution is 6.31. The lowest BCUT2D eigenvalue weighted by molar-refractivity contribution is 0.533. The fraction of sp³-hybridized carbons (Fsp3) is 0.188. The molecule has 3 nitrogen and oxygen atoms in total. The number of nitrogens with two attached hydrogens (primary N) is 1. The van der Waals surface area contributed by atoms with Crippen LogP contribution in [-0.4, -0.2) is 12.5 Å². The zero-order chi connectivity index (χ0) is 14.2. The van der Waals surface area contributed by atoms with E-state index in [9.17, 15) is 0 Å². The monoisotopic (exact) mass is 285 g/mol. The second-order valence-corrected chi connectivity index (χ2v) is 5.57. The number of benzene rings is 2. The summed E-state index contributed by atoms with van der Waals surface area (Å²) < 4.78 is 0. The Labute approximate surface area is 123 Å². The van der Waals surface area contributed by atoms with Gasteiger partial charge in [-0.05, 0) is 30.7 Å². The molecule has 1 unspecified atom stereocenters. The van der Waals surface area contributed by atoms with E-state index in [0.717, 1.165) is 5.69 Å². The fourth-order valence-corrected chi connectivity index (χ4v) is 2.86. The third-order valence-corrected chi connectivity index (χ3v) is 3.97. The molecule has 2 aromatic carbocycles. The zero-order valence-electron chi connectivity index (χ0n) is 11.3. The fourth-order valence-electron chi connectivity index (χ4n) is 2.68. The van der Waals surface area contributed by atoms with Gasteiger partial charge in [0.25, 0.3) is 0 Å². The quantitative estimate of drug-likeness (QED) is 0.919. The second kappa shape index (κ2) is 4.84. The normalized spacial score (nSPS) is 21.9. The van der Waals surface area contributed by atoms with Crippen LogP contribution < -0.4 is 10.6 Å². The van der Waals surface area contributed by atoms with E-state index in [2.05, 4.69) is 24.0 Å². The molecule has 1 atom stereocenters. The van der Waals surface area contributed by atoms with Crippen LogP contribution >= 0.6 is 11.6 Å². The molecule has 2 aromatic rings. The van der Waals surface area contributed by atoms with Gasteiger partial charge in [0.05, 0.1) is 12.1 Å². The van der Waals surface area contributed by atoms with Crippen molar-refractivity contribution in [3.05, 3.63) is 65.2 Å². The first kappa shape index (κ1) is 13.0. The lowest BCUT2D eigenvalue weighted by Gasteiger charge is -2.36. The predicted molar refractivity (Wildman–Crippen MR) is 84.2 cm³/mol. The van der Waals surface area contributed by atoms with Gasteiger partial charge in [-0.1, -0.05) is 48.0 Å². The molecule has 0 aliphatic carbocycles. The smallest absolute Gasteiger partial charge is 0.196 e. The Morgan fingerprint density at radius 1 is 1.15 bits per heavy atom. The Hall–Kier alpha value is -2.00. The van der Waals surface area contributed by atoms with E-state index in [0.29, 0.717) is 17.5 Å². The molecule has 1 aliphatic heterocycles. The number of guanidine groups is 1. The summed E-state index contributed by atoms with van der Waals surface area (Å²) in [5.41, 5.74) is 7.97. The molecule has 102 valence electrons. The molecule has 4 heteroatoms. The van der Waals surface area contributed by atoms with Gasteiger partial charge >= 0.3 is 0 Å². The molecule has 2 N–H and O–H groups in total. The van der Waals surface area contributed by atoms with Gasteiger partial charge in [-0.25, -0.2) is 0 Å². The molecule has 1 heterocycles. The van der Waals surface area contributed by atoms with Crippen molar-refractivity contribution in [1.29, 1.82) is 0 Å². The van der Waals surface area contributed by atoms with Crippen LogP contribution in [0.2, 0.25) is 5.02 Å². The Balaban J connectivity index is 2.09. The largest absolute Gasteiger partial charge is 0.369 e. The van der Waals surface area contributed by atoms with Crippen molar-refractivity contribution < 1.29 is 0 Å². The second-order valence-electron chi connectivity index (χ2n) is 5.13. The molecular formula is C16H16ClN3. The van der Waals surface area contributed by atoms with Crippen LogP contribution in [0.5, 0.6) is 0 Å². The molecule has 0 aromatic heterocycles. The van der Waals surface area contributed by atoms with Gasteiger partial charge < -0.3 is 10.6 Å². The molecule has 3 rings (SSSR count). The van der Waals surface area contributed by atoms with Crippen LogP contribution in [0.25, 0.3) is 0 Å². The first-order valence-electron chi connectivity index (χ1n) is 6.52. The number of nitrogens with zero attached hydrogens (tertiary/aromatic N) is 2. The highest BCUT2D eigenvalue weighted by Gasteiger charge is 2.40. The van der Waals surface area contributed by atoms with Gasteiger partial charge in [-0.15, -0.1) is 0 Å². The minimum absolute atomic E-state index is 0.282. The average Bonchev–Trinajstić information content (AvgIpc) is 2.77. The topological polar surface area (TPSA) is 41.6 Å². The van der Waals surface area contributed by atoms with Crippen LogP contribution in [-0.2, 0) is 5.54 Å². The SMILES string of the molecule is CC1(c2ccccc2)CN=C(N)N1c1cccc(Cl)c1. The maximum absolute atomic E-state index is 6.11. The number of rotatable bonds is 2. The van der Waals surface area contributed by atoms with Crippen LogP contribution in [0.3, 0.4) is 0 Å². The Bertz CT molecular complexity index is 654. The molecule has 0 spiro atoms. The summed E-state index contributed by atoms with van der Waals surface area (Å²) >= 11 is 6.10. The number of hydrogen-bond donors (Lipinski definition) is 1. The standard InChI is InChI=1S/C16H16ClN3/c1-16(12-6-3-2-4-7-12)11-19-15(18)20(16)14-9-5-8-13(17)10-14/h2-10H,11H2,1H3,(H2,18,19). The minimum atomic E-state index is -0.282. The van der Waals surface area contributed by atoms with Gasteiger partial charge in [-0.2, -0.15) is 0 Å². The van der Waals surface area contributed by atoms with E-state index >= 15 is 0 Å².